The van der Waals surface area contributed by atoms with Crippen LogP contribution in [0.1, 0.15) is 29.8 Å². The molecule has 0 aromatic carbocycles. The van der Waals surface area contributed by atoms with Gasteiger partial charge in [-0.25, -0.2) is 4.98 Å². The summed E-state index contributed by atoms with van der Waals surface area (Å²) >= 11 is 11.7. The van der Waals surface area contributed by atoms with Gasteiger partial charge in [-0.1, -0.05) is 23.2 Å². The zero-order valence-electron chi connectivity index (χ0n) is 8.75. The fourth-order valence-electron chi connectivity index (χ4n) is 1.82. The van der Waals surface area contributed by atoms with Gasteiger partial charge in [0, 0.05) is 19.3 Å². The predicted molar refractivity (Wildman–Crippen MR) is 64.0 cm³/mol. The Labute approximate surface area is 104 Å². The van der Waals surface area contributed by atoms with Gasteiger partial charge in [-0.2, -0.15) is 0 Å². The molecule has 1 aliphatic heterocycles. The zero-order valence-corrected chi connectivity index (χ0v) is 10.3. The number of rotatable bonds is 1. The van der Waals surface area contributed by atoms with E-state index in [-0.39, 0.29) is 5.91 Å². The molecule has 1 amide bonds. The van der Waals surface area contributed by atoms with Crippen LogP contribution in [0.4, 0.5) is 0 Å². The summed E-state index contributed by atoms with van der Waals surface area (Å²) in [6.45, 7) is 1.58. The highest BCUT2D eigenvalue weighted by molar-refractivity contribution is 6.36. The summed E-state index contributed by atoms with van der Waals surface area (Å²) in [5.41, 5.74) is 0.299. The Bertz CT molecular complexity index is 403. The molecule has 3 nitrogen and oxygen atoms in total. The standard InChI is InChI=1S/C11H12Cl2N2O/c12-8-6-9(13)10(14-7-8)11(16)15-4-2-1-3-5-15/h6-7H,1-5H2. The maximum Gasteiger partial charge on any atom is 0.273 e. The zero-order chi connectivity index (χ0) is 11.5. The van der Waals surface area contributed by atoms with E-state index in [2.05, 4.69) is 4.98 Å². The van der Waals surface area contributed by atoms with E-state index in [0.717, 1.165) is 25.9 Å². The van der Waals surface area contributed by atoms with E-state index in [9.17, 15) is 4.79 Å². The van der Waals surface area contributed by atoms with Crippen LogP contribution in [-0.2, 0) is 0 Å². The van der Waals surface area contributed by atoms with E-state index in [0.29, 0.717) is 15.7 Å². The topological polar surface area (TPSA) is 33.2 Å². The van der Waals surface area contributed by atoms with E-state index in [1.807, 2.05) is 0 Å². The lowest BCUT2D eigenvalue weighted by Gasteiger charge is -2.26. The lowest BCUT2D eigenvalue weighted by atomic mass is 10.1. The molecule has 0 unspecified atom stereocenters. The van der Waals surface area contributed by atoms with Gasteiger partial charge < -0.3 is 4.90 Å². The van der Waals surface area contributed by atoms with Crippen molar-refractivity contribution in [2.75, 3.05) is 13.1 Å². The van der Waals surface area contributed by atoms with E-state index >= 15 is 0 Å². The molecule has 0 radical (unpaired) electrons. The summed E-state index contributed by atoms with van der Waals surface area (Å²) in [5.74, 6) is -0.0960. The molecule has 1 fully saturated rings. The van der Waals surface area contributed by atoms with Gasteiger partial charge in [0.2, 0.25) is 0 Å². The third kappa shape index (κ3) is 2.47. The highest BCUT2D eigenvalue weighted by Gasteiger charge is 2.21. The van der Waals surface area contributed by atoms with Crippen LogP contribution in [0.3, 0.4) is 0 Å². The van der Waals surface area contributed by atoms with E-state index in [4.69, 9.17) is 23.2 Å². The number of piperidine rings is 1. The number of pyridine rings is 1. The monoisotopic (exact) mass is 258 g/mol. The molecule has 0 spiro atoms. The number of aromatic nitrogens is 1. The molecular weight excluding hydrogens is 247 g/mol. The van der Waals surface area contributed by atoms with Crippen molar-refractivity contribution in [3.8, 4) is 0 Å². The van der Waals surface area contributed by atoms with Crippen LogP contribution in [-0.4, -0.2) is 28.9 Å². The molecule has 0 atom stereocenters. The van der Waals surface area contributed by atoms with Crippen LogP contribution >= 0.6 is 23.2 Å². The maximum absolute atomic E-state index is 12.1. The van der Waals surface area contributed by atoms with Crippen molar-refractivity contribution >= 4 is 29.1 Å². The minimum Gasteiger partial charge on any atom is -0.337 e. The molecule has 0 N–H and O–H groups in total. The quantitative estimate of drug-likeness (QED) is 0.776. The van der Waals surface area contributed by atoms with Crippen molar-refractivity contribution in [1.82, 2.24) is 9.88 Å². The Hall–Kier alpha value is -0.800. The van der Waals surface area contributed by atoms with Gasteiger partial charge in [-0.3, -0.25) is 4.79 Å². The predicted octanol–water partition coefficient (Wildman–Crippen LogP) is 3.01. The van der Waals surface area contributed by atoms with Crippen molar-refractivity contribution in [1.29, 1.82) is 0 Å². The highest BCUT2D eigenvalue weighted by Crippen LogP contribution is 2.21. The summed E-state index contributed by atoms with van der Waals surface area (Å²) in [6.07, 6.45) is 4.74. The van der Waals surface area contributed by atoms with E-state index in [1.165, 1.54) is 12.6 Å². The number of hydrogen-bond donors (Lipinski definition) is 0. The second-order valence-corrected chi connectivity index (χ2v) is 4.68. The number of carbonyl (C=O) groups is 1. The molecule has 2 heterocycles. The Morgan fingerprint density at radius 2 is 1.94 bits per heavy atom. The van der Waals surface area contributed by atoms with Crippen LogP contribution in [0.5, 0.6) is 0 Å². The number of hydrogen-bond acceptors (Lipinski definition) is 2. The molecule has 16 heavy (non-hydrogen) atoms. The fraction of sp³-hybridized carbons (Fsp3) is 0.455. The number of carbonyl (C=O) groups excluding carboxylic acids is 1. The van der Waals surface area contributed by atoms with Gasteiger partial charge in [-0.05, 0) is 25.3 Å². The smallest absolute Gasteiger partial charge is 0.273 e. The minimum atomic E-state index is -0.0960. The summed E-state index contributed by atoms with van der Waals surface area (Å²) in [5, 5.41) is 0.767. The number of nitrogens with zero attached hydrogens (tertiary/aromatic N) is 2. The molecule has 5 heteroatoms. The van der Waals surface area contributed by atoms with Gasteiger partial charge in [-0.15, -0.1) is 0 Å². The maximum atomic E-state index is 12.1. The summed E-state index contributed by atoms with van der Waals surface area (Å²) < 4.78 is 0. The molecule has 0 saturated carbocycles. The van der Waals surface area contributed by atoms with Gasteiger partial charge in [0.1, 0.15) is 5.69 Å². The average molecular weight is 259 g/mol. The van der Waals surface area contributed by atoms with E-state index < -0.39 is 0 Å². The molecule has 0 aliphatic carbocycles. The molecule has 1 aromatic rings. The molecule has 86 valence electrons. The molecule has 1 saturated heterocycles. The second kappa shape index (κ2) is 5.02. The normalized spacial score (nSPS) is 16.2. The van der Waals surface area contributed by atoms with Gasteiger partial charge in [0.25, 0.3) is 5.91 Å². The first-order valence-corrected chi connectivity index (χ1v) is 6.04. The largest absolute Gasteiger partial charge is 0.337 e. The molecule has 2 rings (SSSR count). The Morgan fingerprint density at radius 1 is 1.25 bits per heavy atom. The SMILES string of the molecule is O=C(c1ncc(Cl)cc1Cl)N1CCCCC1. The van der Waals surface area contributed by atoms with Crippen LogP contribution in [0, 0.1) is 0 Å². The van der Waals surface area contributed by atoms with Crippen LogP contribution in [0.15, 0.2) is 12.3 Å². The van der Waals surface area contributed by atoms with Crippen molar-refractivity contribution in [3.05, 3.63) is 28.0 Å². The summed E-state index contributed by atoms with van der Waals surface area (Å²) in [4.78, 5) is 17.9. The van der Waals surface area contributed by atoms with Gasteiger partial charge >= 0.3 is 0 Å². The first-order chi connectivity index (χ1) is 7.68. The Balaban J connectivity index is 2.19. The van der Waals surface area contributed by atoms with Crippen LogP contribution in [0.2, 0.25) is 10.0 Å². The Kier molecular flexibility index (Phi) is 3.66. The molecule has 0 bridgehead atoms. The lowest BCUT2D eigenvalue weighted by Crippen LogP contribution is -2.36. The fourth-order valence-corrected chi connectivity index (χ4v) is 2.28. The van der Waals surface area contributed by atoms with Gasteiger partial charge in [0.15, 0.2) is 0 Å². The number of halogens is 2. The lowest BCUT2D eigenvalue weighted by molar-refractivity contribution is 0.0718. The van der Waals surface area contributed by atoms with Crippen LogP contribution < -0.4 is 0 Å². The molecule has 1 aromatic heterocycles. The van der Waals surface area contributed by atoms with Crippen molar-refractivity contribution in [2.45, 2.75) is 19.3 Å². The molecule has 1 aliphatic rings. The second-order valence-electron chi connectivity index (χ2n) is 3.84. The van der Waals surface area contributed by atoms with E-state index in [1.54, 1.807) is 11.0 Å². The van der Waals surface area contributed by atoms with Gasteiger partial charge in [0.05, 0.1) is 10.0 Å². The summed E-state index contributed by atoms with van der Waals surface area (Å²) in [7, 11) is 0. The number of amides is 1. The van der Waals surface area contributed by atoms with Crippen LogP contribution in [0.25, 0.3) is 0 Å². The van der Waals surface area contributed by atoms with Crippen molar-refractivity contribution < 1.29 is 4.79 Å². The summed E-state index contributed by atoms with van der Waals surface area (Å²) in [6, 6.07) is 1.55. The van der Waals surface area contributed by atoms with Crippen molar-refractivity contribution in [3.63, 3.8) is 0 Å². The Morgan fingerprint density at radius 3 is 2.56 bits per heavy atom. The highest BCUT2D eigenvalue weighted by atomic mass is 35.5. The first kappa shape index (κ1) is 11.7. The average Bonchev–Trinajstić information content (AvgIpc) is 2.29. The van der Waals surface area contributed by atoms with Crippen molar-refractivity contribution in [2.24, 2.45) is 0 Å². The number of likely N-dealkylation sites (tertiary alicyclic amines) is 1. The third-order valence-electron chi connectivity index (χ3n) is 2.65. The first-order valence-electron chi connectivity index (χ1n) is 5.29. The molecular formula is C11H12Cl2N2O. The third-order valence-corrected chi connectivity index (χ3v) is 3.15. The minimum absolute atomic E-state index is 0.0960.